The van der Waals surface area contributed by atoms with Gasteiger partial charge in [0.15, 0.2) is 6.61 Å². The number of thioether (sulfide) groups is 1. The monoisotopic (exact) mass is 408 g/mol. The quantitative estimate of drug-likeness (QED) is 0.360. The molecule has 2 aromatic carbocycles. The highest BCUT2D eigenvalue weighted by atomic mass is 32.2. The van der Waals surface area contributed by atoms with E-state index in [4.69, 9.17) is 4.74 Å². The average molecular weight is 409 g/mol. The molecule has 1 heterocycles. The fraction of sp³-hybridized carbons (Fsp3) is 0.261. The molecule has 0 saturated heterocycles. The lowest BCUT2D eigenvalue weighted by Gasteiger charge is -2.09. The van der Waals surface area contributed by atoms with Crippen LogP contribution in [0.1, 0.15) is 27.2 Å². The van der Waals surface area contributed by atoms with Gasteiger partial charge < -0.3 is 10.1 Å². The average Bonchev–Trinajstić information content (AvgIpc) is 2.70. The van der Waals surface area contributed by atoms with E-state index in [2.05, 4.69) is 34.6 Å². The van der Waals surface area contributed by atoms with Crippen molar-refractivity contribution in [1.82, 2.24) is 10.3 Å². The summed E-state index contributed by atoms with van der Waals surface area (Å²) in [6.45, 7) is 5.99. The lowest BCUT2D eigenvalue weighted by molar-refractivity contribution is -0.124. The van der Waals surface area contributed by atoms with E-state index in [0.29, 0.717) is 17.8 Å². The number of hydrogen-bond donors (Lipinski definition) is 1. The molecule has 0 aliphatic heterocycles. The van der Waals surface area contributed by atoms with Crippen LogP contribution in [0, 0.1) is 20.8 Å². The zero-order valence-corrected chi connectivity index (χ0v) is 17.6. The Labute approximate surface area is 174 Å². The fourth-order valence-corrected chi connectivity index (χ4v) is 3.62. The Morgan fingerprint density at radius 3 is 2.48 bits per heavy atom. The molecule has 6 heteroatoms. The van der Waals surface area contributed by atoms with Crippen LogP contribution in [0.3, 0.4) is 0 Å². The number of amides is 1. The molecule has 0 spiro atoms. The minimum absolute atomic E-state index is 0.306. The van der Waals surface area contributed by atoms with E-state index in [1.165, 1.54) is 5.56 Å². The van der Waals surface area contributed by atoms with Crippen LogP contribution in [0.15, 0.2) is 53.4 Å². The van der Waals surface area contributed by atoms with Crippen molar-refractivity contribution in [1.29, 1.82) is 0 Å². The van der Waals surface area contributed by atoms with Crippen LogP contribution in [-0.4, -0.2) is 35.8 Å². The Kier molecular flexibility index (Phi) is 6.88. The first kappa shape index (κ1) is 20.9. The molecule has 1 N–H and O–H groups in total. The summed E-state index contributed by atoms with van der Waals surface area (Å²) in [7, 11) is 0. The topological polar surface area (TPSA) is 68.3 Å². The number of aromatic nitrogens is 1. The molecule has 150 valence electrons. The normalized spacial score (nSPS) is 10.7. The van der Waals surface area contributed by atoms with E-state index in [0.717, 1.165) is 27.1 Å². The number of pyridine rings is 1. The summed E-state index contributed by atoms with van der Waals surface area (Å²) in [5.74, 6) is -0.108. The maximum atomic E-state index is 12.4. The van der Waals surface area contributed by atoms with Crippen LogP contribution in [0.4, 0.5) is 0 Å². The number of nitrogens with zero attached hydrogens (tertiary/aromatic N) is 1. The Morgan fingerprint density at radius 2 is 1.72 bits per heavy atom. The van der Waals surface area contributed by atoms with E-state index < -0.39 is 5.97 Å². The molecule has 1 amide bonds. The van der Waals surface area contributed by atoms with Gasteiger partial charge in [-0.05, 0) is 51.1 Å². The third-order valence-corrected chi connectivity index (χ3v) is 5.44. The van der Waals surface area contributed by atoms with Crippen molar-refractivity contribution >= 4 is 34.5 Å². The number of carbonyl (C=O) groups is 2. The first-order valence-corrected chi connectivity index (χ1v) is 10.4. The highest BCUT2D eigenvalue weighted by Gasteiger charge is 2.15. The van der Waals surface area contributed by atoms with Crippen LogP contribution in [-0.2, 0) is 9.53 Å². The first-order valence-electron chi connectivity index (χ1n) is 9.43. The Morgan fingerprint density at radius 1 is 1.00 bits per heavy atom. The predicted molar refractivity (Wildman–Crippen MR) is 116 cm³/mol. The van der Waals surface area contributed by atoms with Crippen molar-refractivity contribution in [2.45, 2.75) is 25.7 Å². The first-order chi connectivity index (χ1) is 13.9. The molecule has 0 saturated carbocycles. The molecule has 0 aliphatic rings. The number of hydrogen-bond acceptors (Lipinski definition) is 5. The highest BCUT2D eigenvalue weighted by Crippen LogP contribution is 2.19. The van der Waals surface area contributed by atoms with E-state index in [9.17, 15) is 9.59 Å². The second-order valence-electron chi connectivity index (χ2n) is 6.91. The molecular formula is C23H24N2O3S. The van der Waals surface area contributed by atoms with Crippen LogP contribution < -0.4 is 5.32 Å². The molecule has 3 aromatic rings. The van der Waals surface area contributed by atoms with Crippen LogP contribution in [0.25, 0.3) is 10.9 Å². The number of benzene rings is 2. The summed E-state index contributed by atoms with van der Waals surface area (Å²) in [4.78, 5) is 30.0. The van der Waals surface area contributed by atoms with Gasteiger partial charge in [-0.2, -0.15) is 0 Å². The molecular weight excluding hydrogens is 384 g/mol. The zero-order chi connectivity index (χ0) is 20.8. The predicted octanol–water partition coefficient (Wildman–Crippen LogP) is 4.23. The van der Waals surface area contributed by atoms with Gasteiger partial charge >= 0.3 is 5.97 Å². The molecule has 0 aliphatic carbocycles. The summed E-state index contributed by atoms with van der Waals surface area (Å²) in [6, 6.07) is 15.9. The minimum Gasteiger partial charge on any atom is -0.452 e. The number of fused-ring (bicyclic) bond motifs is 1. The summed E-state index contributed by atoms with van der Waals surface area (Å²) in [5.41, 5.74) is 4.10. The number of esters is 1. The van der Waals surface area contributed by atoms with Gasteiger partial charge in [-0.3, -0.25) is 9.78 Å². The second kappa shape index (κ2) is 9.56. The van der Waals surface area contributed by atoms with E-state index in [1.807, 2.05) is 32.0 Å². The van der Waals surface area contributed by atoms with Crippen LogP contribution in [0.2, 0.25) is 0 Å². The maximum Gasteiger partial charge on any atom is 0.340 e. The summed E-state index contributed by atoms with van der Waals surface area (Å²) in [6.07, 6.45) is 0. The molecule has 5 nitrogen and oxygen atoms in total. The summed E-state index contributed by atoms with van der Waals surface area (Å²) in [5, 5.41) is 3.65. The van der Waals surface area contributed by atoms with Crippen molar-refractivity contribution < 1.29 is 14.3 Å². The Hall–Kier alpha value is -2.86. The number of rotatable bonds is 7. The lowest BCUT2D eigenvalue weighted by Crippen LogP contribution is -2.30. The van der Waals surface area contributed by atoms with Gasteiger partial charge in [-0.25, -0.2) is 4.79 Å². The standard InChI is InChI=1S/C23H24N2O3S/c1-15-4-7-19(8-5-15)29-11-10-24-22(26)14-28-23(27)20-13-18-12-16(2)6-9-21(18)25-17(20)3/h4-9,12-13H,10-11,14H2,1-3H3,(H,24,26). The van der Waals surface area contributed by atoms with Gasteiger partial charge in [0, 0.05) is 22.6 Å². The third kappa shape index (κ3) is 5.81. The van der Waals surface area contributed by atoms with E-state index >= 15 is 0 Å². The van der Waals surface area contributed by atoms with Crippen molar-refractivity contribution in [2.75, 3.05) is 18.9 Å². The number of aryl methyl sites for hydroxylation is 3. The molecule has 0 unspecified atom stereocenters. The molecule has 0 radical (unpaired) electrons. The molecule has 1 aromatic heterocycles. The van der Waals surface area contributed by atoms with Gasteiger partial charge in [0.05, 0.1) is 16.8 Å². The van der Waals surface area contributed by atoms with E-state index in [-0.39, 0.29) is 12.5 Å². The van der Waals surface area contributed by atoms with Crippen molar-refractivity contribution in [3.05, 3.63) is 70.9 Å². The van der Waals surface area contributed by atoms with Crippen LogP contribution in [0.5, 0.6) is 0 Å². The molecule has 0 bridgehead atoms. The van der Waals surface area contributed by atoms with Crippen LogP contribution >= 0.6 is 11.8 Å². The smallest absolute Gasteiger partial charge is 0.340 e. The number of ether oxygens (including phenoxy) is 1. The lowest BCUT2D eigenvalue weighted by atomic mass is 10.1. The maximum absolute atomic E-state index is 12.4. The molecule has 3 rings (SSSR count). The van der Waals surface area contributed by atoms with Gasteiger partial charge in [0.2, 0.25) is 0 Å². The summed E-state index contributed by atoms with van der Waals surface area (Å²) < 4.78 is 5.18. The van der Waals surface area contributed by atoms with Gasteiger partial charge in [0.1, 0.15) is 0 Å². The SMILES string of the molecule is Cc1ccc(SCCNC(=O)COC(=O)c2cc3cc(C)ccc3nc2C)cc1. The largest absolute Gasteiger partial charge is 0.452 e. The molecule has 29 heavy (non-hydrogen) atoms. The van der Waals surface area contributed by atoms with Gasteiger partial charge in [-0.1, -0.05) is 29.3 Å². The van der Waals surface area contributed by atoms with Gasteiger partial charge in [-0.15, -0.1) is 11.8 Å². The van der Waals surface area contributed by atoms with E-state index in [1.54, 1.807) is 24.8 Å². The molecule has 0 fully saturated rings. The Bertz CT molecular complexity index is 1030. The highest BCUT2D eigenvalue weighted by molar-refractivity contribution is 7.99. The van der Waals surface area contributed by atoms with Crippen molar-refractivity contribution in [3.63, 3.8) is 0 Å². The van der Waals surface area contributed by atoms with Crippen molar-refractivity contribution in [2.24, 2.45) is 0 Å². The number of carbonyl (C=O) groups excluding carboxylic acids is 2. The second-order valence-corrected chi connectivity index (χ2v) is 8.07. The van der Waals surface area contributed by atoms with Gasteiger partial charge in [0.25, 0.3) is 5.91 Å². The summed E-state index contributed by atoms with van der Waals surface area (Å²) >= 11 is 1.67. The zero-order valence-electron chi connectivity index (χ0n) is 16.8. The third-order valence-electron chi connectivity index (χ3n) is 4.43. The molecule has 0 atom stereocenters. The van der Waals surface area contributed by atoms with Crippen molar-refractivity contribution in [3.8, 4) is 0 Å². The minimum atomic E-state index is -0.539. The number of nitrogens with one attached hydrogen (secondary N) is 1. The fourth-order valence-electron chi connectivity index (χ4n) is 2.85. The Balaban J connectivity index is 1.47.